The van der Waals surface area contributed by atoms with Crippen LogP contribution in [0, 0.1) is 5.92 Å². The highest BCUT2D eigenvalue weighted by Gasteiger charge is 2.28. The highest BCUT2D eigenvalue weighted by molar-refractivity contribution is 4.85. The molecule has 1 saturated heterocycles. The number of hydrogen-bond donors (Lipinski definition) is 0. The van der Waals surface area contributed by atoms with Crippen LogP contribution < -0.4 is 0 Å². The summed E-state index contributed by atoms with van der Waals surface area (Å²) in [4.78, 5) is 5.21. The molecule has 90 valence electrons. The molecule has 0 saturated carbocycles. The van der Waals surface area contributed by atoms with E-state index in [1.807, 2.05) is 0 Å². The zero-order chi connectivity index (χ0) is 11.4. The van der Waals surface area contributed by atoms with Gasteiger partial charge >= 0.3 is 0 Å². The van der Waals surface area contributed by atoms with Crippen LogP contribution in [0.4, 0.5) is 0 Å². The van der Waals surface area contributed by atoms with Crippen molar-refractivity contribution in [3.8, 4) is 0 Å². The predicted molar refractivity (Wildman–Crippen MR) is 67.2 cm³/mol. The van der Waals surface area contributed by atoms with E-state index in [4.69, 9.17) is 0 Å². The van der Waals surface area contributed by atoms with Gasteiger partial charge in [-0.3, -0.25) is 4.90 Å². The van der Waals surface area contributed by atoms with Gasteiger partial charge in [0, 0.05) is 25.2 Å². The van der Waals surface area contributed by atoms with Gasteiger partial charge in [-0.25, -0.2) is 0 Å². The van der Waals surface area contributed by atoms with E-state index in [0.29, 0.717) is 0 Å². The molecule has 0 aromatic carbocycles. The Balaban J connectivity index is 2.50. The van der Waals surface area contributed by atoms with Gasteiger partial charge in [-0.05, 0) is 39.3 Å². The van der Waals surface area contributed by atoms with Crippen molar-refractivity contribution < 1.29 is 0 Å². The first-order chi connectivity index (χ1) is 7.04. The molecule has 0 aliphatic carbocycles. The summed E-state index contributed by atoms with van der Waals surface area (Å²) in [5.74, 6) is 0.814. The maximum Gasteiger partial charge on any atom is 0.0223 e. The van der Waals surface area contributed by atoms with E-state index < -0.39 is 0 Å². The van der Waals surface area contributed by atoms with Crippen molar-refractivity contribution in [1.29, 1.82) is 0 Å². The molecule has 1 fully saturated rings. The maximum absolute atomic E-state index is 2.66. The van der Waals surface area contributed by atoms with Crippen LogP contribution in [0.3, 0.4) is 0 Å². The first-order valence-electron chi connectivity index (χ1n) is 6.48. The second kappa shape index (κ2) is 5.86. The van der Waals surface area contributed by atoms with Gasteiger partial charge in [-0.15, -0.1) is 0 Å². The van der Waals surface area contributed by atoms with Gasteiger partial charge in [-0.1, -0.05) is 20.8 Å². The van der Waals surface area contributed by atoms with E-state index >= 15 is 0 Å². The number of hydrogen-bond acceptors (Lipinski definition) is 2. The van der Waals surface area contributed by atoms with Crippen LogP contribution in [0.2, 0.25) is 0 Å². The van der Waals surface area contributed by atoms with Crippen LogP contribution in [-0.4, -0.2) is 48.6 Å². The van der Waals surface area contributed by atoms with Gasteiger partial charge in [-0.2, -0.15) is 0 Å². The normalized spacial score (nSPS) is 30.0. The zero-order valence-electron chi connectivity index (χ0n) is 11.2. The summed E-state index contributed by atoms with van der Waals surface area (Å²) in [5.41, 5.74) is 0. The Bertz CT molecular complexity index is 179. The SMILES string of the molecule is CCCN1CC(CC(C)C)N(C)CC1C. The summed E-state index contributed by atoms with van der Waals surface area (Å²) in [5, 5.41) is 0. The molecule has 0 amide bonds. The minimum Gasteiger partial charge on any atom is -0.301 e. The van der Waals surface area contributed by atoms with Crippen molar-refractivity contribution in [3.63, 3.8) is 0 Å². The number of likely N-dealkylation sites (N-methyl/N-ethyl adjacent to an activating group) is 1. The Morgan fingerprint density at radius 2 is 1.93 bits per heavy atom. The summed E-state index contributed by atoms with van der Waals surface area (Å²) in [7, 11) is 2.28. The van der Waals surface area contributed by atoms with Crippen LogP contribution in [0.5, 0.6) is 0 Å². The van der Waals surface area contributed by atoms with E-state index in [1.54, 1.807) is 0 Å². The monoisotopic (exact) mass is 212 g/mol. The van der Waals surface area contributed by atoms with Gasteiger partial charge in [0.2, 0.25) is 0 Å². The Hall–Kier alpha value is -0.0800. The van der Waals surface area contributed by atoms with E-state index in [2.05, 4.69) is 44.5 Å². The quantitative estimate of drug-likeness (QED) is 0.706. The van der Waals surface area contributed by atoms with Crippen molar-refractivity contribution in [1.82, 2.24) is 9.80 Å². The van der Waals surface area contributed by atoms with E-state index in [-0.39, 0.29) is 0 Å². The molecule has 2 heteroatoms. The van der Waals surface area contributed by atoms with Gasteiger partial charge in [0.1, 0.15) is 0 Å². The average Bonchev–Trinajstić information content (AvgIpc) is 2.12. The zero-order valence-corrected chi connectivity index (χ0v) is 11.2. The molecule has 0 aromatic rings. The minimum absolute atomic E-state index is 0.735. The minimum atomic E-state index is 0.735. The molecule has 0 N–H and O–H groups in total. The van der Waals surface area contributed by atoms with Gasteiger partial charge < -0.3 is 4.90 Å². The Labute approximate surface area is 95.6 Å². The molecule has 2 atom stereocenters. The molecular formula is C13H28N2. The molecule has 1 heterocycles. The fraction of sp³-hybridized carbons (Fsp3) is 1.00. The standard InChI is InChI=1S/C13H28N2/c1-6-7-15-10-13(8-11(2)3)14(5)9-12(15)4/h11-13H,6-10H2,1-5H3. The molecule has 1 rings (SSSR count). The van der Waals surface area contributed by atoms with Crippen LogP contribution in [0.1, 0.15) is 40.5 Å². The van der Waals surface area contributed by atoms with E-state index in [9.17, 15) is 0 Å². The van der Waals surface area contributed by atoms with E-state index in [1.165, 1.54) is 32.5 Å². The number of piperazine rings is 1. The summed E-state index contributed by atoms with van der Waals surface area (Å²) in [6, 6.07) is 1.51. The Morgan fingerprint density at radius 3 is 2.47 bits per heavy atom. The molecular weight excluding hydrogens is 184 g/mol. The van der Waals surface area contributed by atoms with Crippen molar-refractivity contribution in [2.75, 3.05) is 26.7 Å². The lowest BCUT2D eigenvalue weighted by Gasteiger charge is -2.44. The first kappa shape index (κ1) is 13.0. The lowest BCUT2D eigenvalue weighted by atomic mass is 9.98. The summed E-state index contributed by atoms with van der Waals surface area (Å²) in [6.45, 7) is 13.1. The van der Waals surface area contributed by atoms with Crippen molar-refractivity contribution in [3.05, 3.63) is 0 Å². The lowest BCUT2D eigenvalue weighted by molar-refractivity contribution is 0.0434. The molecule has 0 spiro atoms. The summed E-state index contributed by atoms with van der Waals surface area (Å²) >= 11 is 0. The third-order valence-electron chi connectivity index (χ3n) is 3.50. The van der Waals surface area contributed by atoms with Crippen LogP contribution in [-0.2, 0) is 0 Å². The van der Waals surface area contributed by atoms with Gasteiger partial charge in [0.05, 0.1) is 0 Å². The highest BCUT2D eigenvalue weighted by Crippen LogP contribution is 2.19. The summed E-state index contributed by atoms with van der Waals surface area (Å²) < 4.78 is 0. The third-order valence-corrected chi connectivity index (χ3v) is 3.50. The van der Waals surface area contributed by atoms with Crippen molar-refractivity contribution >= 4 is 0 Å². The molecule has 2 nitrogen and oxygen atoms in total. The largest absolute Gasteiger partial charge is 0.301 e. The van der Waals surface area contributed by atoms with Gasteiger partial charge in [0.25, 0.3) is 0 Å². The summed E-state index contributed by atoms with van der Waals surface area (Å²) in [6.07, 6.45) is 2.62. The van der Waals surface area contributed by atoms with Crippen LogP contribution >= 0.6 is 0 Å². The first-order valence-corrected chi connectivity index (χ1v) is 6.48. The van der Waals surface area contributed by atoms with Crippen LogP contribution in [0.15, 0.2) is 0 Å². The smallest absolute Gasteiger partial charge is 0.0223 e. The fourth-order valence-electron chi connectivity index (χ4n) is 2.67. The predicted octanol–water partition coefficient (Wildman–Crippen LogP) is 2.45. The molecule has 1 aliphatic heterocycles. The number of nitrogens with zero attached hydrogens (tertiary/aromatic N) is 2. The fourth-order valence-corrected chi connectivity index (χ4v) is 2.67. The van der Waals surface area contributed by atoms with E-state index in [0.717, 1.165) is 18.0 Å². The molecule has 0 radical (unpaired) electrons. The molecule has 15 heavy (non-hydrogen) atoms. The topological polar surface area (TPSA) is 6.48 Å². The number of rotatable bonds is 4. The lowest BCUT2D eigenvalue weighted by Crippen LogP contribution is -2.56. The molecule has 2 unspecified atom stereocenters. The molecule has 0 aromatic heterocycles. The molecule has 1 aliphatic rings. The highest BCUT2D eigenvalue weighted by atomic mass is 15.3. The van der Waals surface area contributed by atoms with Crippen LogP contribution in [0.25, 0.3) is 0 Å². The average molecular weight is 212 g/mol. The van der Waals surface area contributed by atoms with Gasteiger partial charge in [0.15, 0.2) is 0 Å². The second-order valence-corrected chi connectivity index (χ2v) is 5.57. The second-order valence-electron chi connectivity index (χ2n) is 5.57. The Morgan fingerprint density at radius 1 is 1.27 bits per heavy atom. The molecule has 0 bridgehead atoms. The third kappa shape index (κ3) is 3.76. The Kier molecular flexibility index (Phi) is 5.07. The van der Waals surface area contributed by atoms with Crippen molar-refractivity contribution in [2.45, 2.75) is 52.6 Å². The maximum atomic E-state index is 2.66. The van der Waals surface area contributed by atoms with Crippen molar-refractivity contribution in [2.24, 2.45) is 5.92 Å².